The van der Waals surface area contributed by atoms with Crippen LogP contribution < -0.4 is 19.3 Å². The lowest BCUT2D eigenvalue weighted by Crippen LogP contribution is -2.48. The van der Waals surface area contributed by atoms with Crippen LogP contribution >= 0.6 is 46.4 Å². The number of rotatable bonds is 6. The summed E-state index contributed by atoms with van der Waals surface area (Å²) in [6, 6.07) is 15.7. The third kappa shape index (κ3) is 6.34. The second-order valence-electron chi connectivity index (χ2n) is 11.2. The number of para-hydroxylation sites is 2. The maximum absolute atomic E-state index is 14.3. The molecule has 4 aromatic carbocycles. The summed E-state index contributed by atoms with van der Waals surface area (Å²) >= 11 is 25.2. The number of amides is 2. The number of benzene rings is 4. The van der Waals surface area contributed by atoms with Gasteiger partial charge in [0.2, 0.25) is 19.7 Å². The molecule has 0 N–H and O–H groups in total. The van der Waals surface area contributed by atoms with Crippen LogP contribution in [0.25, 0.3) is 0 Å². The third-order valence-electron chi connectivity index (χ3n) is 7.98. The minimum absolute atomic E-state index is 0.0609. The van der Waals surface area contributed by atoms with Crippen LogP contribution in [0, 0.1) is 0 Å². The lowest BCUT2D eigenvalue weighted by molar-refractivity contribution is -0.132. The summed E-state index contributed by atoms with van der Waals surface area (Å²) in [5.41, 5.74) is -0.538. The first-order chi connectivity index (χ1) is 23.9. The van der Waals surface area contributed by atoms with Gasteiger partial charge in [0.1, 0.15) is 10.7 Å². The second kappa shape index (κ2) is 13.4. The van der Waals surface area contributed by atoms with E-state index >= 15 is 0 Å². The van der Waals surface area contributed by atoms with Crippen LogP contribution in [0.1, 0.15) is 41.0 Å². The Kier molecular flexibility index (Phi) is 9.63. The second-order valence-corrected chi connectivity index (χ2v) is 17.0. The molecule has 6 rings (SSSR count). The Morgan fingerprint density at radius 1 is 0.588 bits per heavy atom. The highest BCUT2D eigenvalue weighted by molar-refractivity contribution is 7.93. The summed E-state index contributed by atoms with van der Waals surface area (Å²) in [5, 5.41) is -4.63. The van der Waals surface area contributed by atoms with Gasteiger partial charge in [-0.05, 0) is 48.5 Å². The number of sulfone groups is 2. The first-order valence-electron chi connectivity index (χ1n) is 14.6. The number of hydrogen-bond donors (Lipinski definition) is 0. The molecule has 0 bridgehead atoms. The predicted octanol–water partition coefficient (Wildman–Crippen LogP) is 6.76. The van der Waals surface area contributed by atoms with E-state index in [1.165, 1.54) is 48.5 Å². The fraction of sp³-hybridized carbons (Fsp3) is 0.152. The van der Waals surface area contributed by atoms with Crippen molar-refractivity contribution >= 4 is 101 Å². The van der Waals surface area contributed by atoms with Gasteiger partial charge in [0, 0.05) is 31.4 Å². The van der Waals surface area contributed by atoms with Crippen LogP contribution in [-0.4, -0.2) is 51.3 Å². The van der Waals surface area contributed by atoms with Gasteiger partial charge in [-0.15, -0.1) is 0 Å². The number of anilines is 2. The smallest absolute Gasteiger partial charge is 0.308 e. The molecular formula is C33H22Cl4N2O10S2. The standard InChI is InChI=1S/C33H22Cl4N2O10S2/c1-16(40)48-30-20(34)11-18(12-21(30)35)32(42)38-24-7-3-5-9-26(24)50(44,45)28(38)15-29-39(25-8-4-6-10-27(25)51(29,46)47)33(43)19-13-22(36)31(23(37)14-19)49-17(2)41/h3-14,28-29H,15H2,1-2H3. The molecule has 12 nitrogen and oxygen atoms in total. The topological polar surface area (TPSA) is 162 Å². The van der Waals surface area contributed by atoms with E-state index in [2.05, 4.69) is 0 Å². The van der Waals surface area contributed by atoms with E-state index < -0.39 is 60.6 Å². The lowest BCUT2D eigenvalue weighted by atomic mass is 10.1. The molecule has 0 radical (unpaired) electrons. The molecule has 18 heteroatoms. The average molecular weight is 812 g/mol. The number of carbonyl (C=O) groups excluding carboxylic acids is 4. The predicted molar refractivity (Wildman–Crippen MR) is 189 cm³/mol. The Morgan fingerprint density at radius 3 is 1.22 bits per heavy atom. The van der Waals surface area contributed by atoms with E-state index in [0.29, 0.717) is 0 Å². The van der Waals surface area contributed by atoms with Crippen molar-refractivity contribution in [2.24, 2.45) is 0 Å². The normalized spacial score (nSPS) is 18.2. The molecule has 0 aliphatic carbocycles. The Labute approximate surface area is 311 Å². The van der Waals surface area contributed by atoms with Crippen molar-refractivity contribution < 1.29 is 45.5 Å². The number of fused-ring (bicyclic) bond motifs is 2. The quantitative estimate of drug-likeness (QED) is 0.150. The van der Waals surface area contributed by atoms with Crippen LogP contribution in [0.2, 0.25) is 20.1 Å². The molecule has 0 saturated heterocycles. The van der Waals surface area contributed by atoms with E-state index in [4.69, 9.17) is 55.9 Å². The number of carbonyl (C=O) groups is 4. The molecular weight excluding hydrogens is 790 g/mol. The highest BCUT2D eigenvalue weighted by Gasteiger charge is 2.53. The number of ether oxygens (including phenoxy) is 2. The first-order valence-corrected chi connectivity index (χ1v) is 19.2. The zero-order valence-electron chi connectivity index (χ0n) is 26.1. The molecule has 4 aromatic rings. The molecule has 2 aliphatic rings. The van der Waals surface area contributed by atoms with Gasteiger partial charge < -0.3 is 9.47 Å². The Hall–Kier alpha value is -4.18. The van der Waals surface area contributed by atoms with Crippen molar-refractivity contribution in [2.75, 3.05) is 9.80 Å². The Balaban J connectivity index is 1.47. The van der Waals surface area contributed by atoms with Gasteiger partial charge in [-0.25, -0.2) is 16.8 Å². The van der Waals surface area contributed by atoms with Crippen molar-refractivity contribution in [3.05, 3.63) is 104 Å². The Morgan fingerprint density at radius 2 is 0.902 bits per heavy atom. The maximum Gasteiger partial charge on any atom is 0.308 e. The molecule has 0 saturated carbocycles. The van der Waals surface area contributed by atoms with Crippen molar-refractivity contribution in [2.45, 2.75) is 40.8 Å². The van der Waals surface area contributed by atoms with Gasteiger partial charge in [0.15, 0.2) is 11.5 Å². The molecule has 2 unspecified atom stereocenters. The molecule has 2 atom stereocenters. The Bertz CT molecular complexity index is 2210. The van der Waals surface area contributed by atoms with Gasteiger partial charge in [-0.2, -0.15) is 0 Å². The van der Waals surface area contributed by atoms with Crippen molar-refractivity contribution in [1.82, 2.24) is 0 Å². The summed E-state index contributed by atoms with van der Waals surface area (Å²) < 4.78 is 66.8. The lowest BCUT2D eigenvalue weighted by Gasteiger charge is -2.30. The number of nitrogens with zero attached hydrogens (tertiary/aromatic N) is 2. The van der Waals surface area contributed by atoms with Crippen LogP contribution in [-0.2, 0) is 29.3 Å². The van der Waals surface area contributed by atoms with Crippen molar-refractivity contribution in [3.63, 3.8) is 0 Å². The van der Waals surface area contributed by atoms with Gasteiger partial charge >= 0.3 is 11.9 Å². The van der Waals surface area contributed by atoms with E-state index in [-0.39, 0.29) is 63.9 Å². The van der Waals surface area contributed by atoms with Gasteiger partial charge in [-0.1, -0.05) is 70.7 Å². The van der Waals surface area contributed by atoms with Crippen molar-refractivity contribution in [1.29, 1.82) is 0 Å². The molecule has 0 spiro atoms. The largest absolute Gasteiger partial charge is 0.424 e. The van der Waals surface area contributed by atoms with Crippen LogP contribution in [0.5, 0.6) is 11.5 Å². The zero-order chi connectivity index (χ0) is 37.2. The van der Waals surface area contributed by atoms with Gasteiger partial charge in [0.25, 0.3) is 11.8 Å². The molecule has 2 amide bonds. The van der Waals surface area contributed by atoms with Crippen LogP contribution in [0.4, 0.5) is 11.4 Å². The fourth-order valence-corrected chi connectivity index (χ4v) is 11.1. The first kappa shape index (κ1) is 36.6. The molecule has 0 aromatic heterocycles. The molecule has 264 valence electrons. The third-order valence-corrected chi connectivity index (χ3v) is 13.3. The number of halogens is 4. The molecule has 2 heterocycles. The highest BCUT2D eigenvalue weighted by Crippen LogP contribution is 2.47. The SMILES string of the molecule is CC(=O)Oc1c(Cl)cc(C(=O)N2c3ccccc3S(=O)(=O)C2CC2N(C(=O)c3cc(Cl)c(OC(C)=O)c(Cl)c3)c3ccccc3S2(=O)=O)cc1Cl. The minimum Gasteiger partial charge on any atom is -0.424 e. The summed E-state index contributed by atoms with van der Waals surface area (Å²) in [6.07, 6.45) is -0.814. The van der Waals surface area contributed by atoms with E-state index in [0.717, 1.165) is 47.9 Å². The average Bonchev–Trinajstić information content (AvgIpc) is 3.42. The molecule has 51 heavy (non-hydrogen) atoms. The van der Waals surface area contributed by atoms with Crippen LogP contribution in [0.3, 0.4) is 0 Å². The fourth-order valence-electron chi connectivity index (χ4n) is 5.92. The van der Waals surface area contributed by atoms with Crippen molar-refractivity contribution in [3.8, 4) is 11.5 Å². The summed E-state index contributed by atoms with van der Waals surface area (Å²) in [6.45, 7) is 2.24. The summed E-state index contributed by atoms with van der Waals surface area (Å²) in [7, 11) is -8.97. The van der Waals surface area contributed by atoms with E-state index in [1.54, 1.807) is 0 Å². The summed E-state index contributed by atoms with van der Waals surface area (Å²) in [4.78, 5) is 52.9. The minimum atomic E-state index is -4.49. The van der Waals surface area contributed by atoms with E-state index in [1.807, 2.05) is 0 Å². The van der Waals surface area contributed by atoms with Gasteiger partial charge in [0.05, 0.1) is 41.3 Å². The monoisotopic (exact) mass is 810 g/mol. The van der Waals surface area contributed by atoms with Crippen LogP contribution in [0.15, 0.2) is 82.6 Å². The summed E-state index contributed by atoms with van der Waals surface area (Å²) in [5.74, 6) is -3.79. The maximum atomic E-state index is 14.3. The van der Waals surface area contributed by atoms with E-state index in [9.17, 15) is 36.0 Å². The molecule has 0 fully saturated rings. The zero-order valence-corrected chi connectivity index (χ0v) is 30.8. The molecule has 2 aliphatic heterocycles. The van der Waals surface area contributed by atoms with Gasteiger partial charge in [-0.3, -0.25) is 29.0 Å². The number of esters is 2. The highest BCUT2D eigenvalue weighted by atomic mass is 35.5. The number of hydrogen-bond acceptors (Lipinski definition) is 10.